The van der Waals surface area contributed by atoms with Gasteiger partial charge in [-0.1, -0.05) is 23.5 Å². The molecule has 0 N–H and O–H groups in total. The molecule has 4 nitrogen and oxygen atoms in total. The first-order valence-corrected chi connectivity index (χ1v) is 7.14. The average molecular weight is 293 g/mol. The fraction of sp³-hybridized carbons (Fsp3) is 0.0625. The van der Waals surface area contributed by atoms with E-state index in [9.17, 15) is 4.79 Å². The van der Waals surface area contributed by atoms with E-state index in [1.54, 1.807) is 31.3 Å². The van der Waals surface area contributed by atoms with Crippen molar-refractivity contribution in [3.8, 4) is 6.07 Å². The molecule has 3 rings (SSSR count). The topological polar surface area (TPSA) is 57.0 Å². The van der Waals surface area contributed by atoms with E-state index in [1.807, 2.05) is 30.3 Å². The Morgan fingerprint density at radius 3 is 2.57 bits per heavy atom. The molecule has 102 valence electrons. The van der Waals surface area contributed by atoms with Crippen molar-refractivity contribution in [3.05, 3.63) is 59.7 Å². The summed E-state index contributed by atoms with van der Waals surface area (Å²) in [5.41, 5.74) is 1.96. The van der Waals surface area contributed by atoms with Crippen molar-refractivity contribution in [2.24, 2.45) is 0 Å². The quantitative estimate of drug-likeness (QED) is 0.727. The van der Waals surface area contributed by atoms with Crippen LogP contribution >= 0.6 is 11.3 Å². The van der Waals surface area contributed by atoms with Gasteiger partial charge in [0.05, 0.1) is 21.8 Å². The van der Waals surface area contributed by atoms with E-state index in [4.69, 9.17) is 5.26 Å². The number of thiazole rings is 1. The number of fused-ring (bicyclic) bond motifs is 1. The van der Waals surface area contributed by atoms with E-state index >= 15 is 0 Å². The maximum atomic E-state index is 12.4. The lowest BCUT2D eigenvalue weighted by molar-refractivity contribution is 0.0993. The highest BCUT2D eigenvalue weighted by molar-refractivity contribution is 7.22. The maximum absolute atomic E-state index is 12.4. The third-order valence-electron chi connectivity index (χ3n) is 3.14. The van der Waals surface area contributed by atoms with Gasteiger partial charge < -0.3 is 0 Å². The number of anilines is 1. The molecular weight excluding hydrogens is 282 g/mol. The fourth-order valence-corrected chi connectivity index (χ4v) is 2.90. The molecule has 0 saturated carbocycles. The van der Waals surface area contributed by atoms with Gasteiger partial charge in [0, 0.05) is 12.6 Å². The SMILES string of the molecule is CN(C(=O)c1ccc(C#N)cc1)c1nc2ccccc2s1. The fourth-order valence-electron chi connectivity index (χ4n) is 1.97. The highest BCUT2D eigenvalue weighted by Gasteiger charge is 2.16. The lowest BCUT2D eigenvalue weighted by Gasteiger charge is -2.13. The first-order chi connectivity index (χ1) is 10.2. The molecule has 0 atom stereocenters. The zero-order chi connectivity index (χ0) is 14.8. The van der Waals surface area contributed by atoms with E-state index < -0.39 is 0 Å². The second kappa shape index (κ2) is 5.35. The van der Waals surface area contributed by atoms with Gasteiger partial charge in [-0.15, -0.1) is 0 Å². The number of carbonyl (C=O) groups excluding carboxylic acids is 1. The van der Waals surface area contributed by atoms with Crippen LogP contribution in [0.25, 0.3) is 10.2 Å². The zero-order valence-corrected chi connectivity index (χ0v) is 12.1. The van der Waals surface area contributed by atoms with E-state index in [-0.39, 0.29) is 5.91 Å². The molecule has 0 aliphatic heterocycles. The Morgan fingerprint density at radius 1 is 1.19 bits per heavy atom. The van der Waals surface area contributed by atoms with Gasteiger partial charge in [-0.3, -0.25) is 9.69 Å². The smallest absolute Gasteiger partial charge is 0.259 e. The molecule has 0 bridgehead atoms. The minimum absolute atomic E-state index is 0.140. The van der Waals surface area contributed by atoms with Gasteiger partial charge in [0.25, 0.3) is 5.91 Å². The van der Waals surface area contributed by atoms with Crippen molar-refractivity contribution in [2.75, 3.05) is 11.9 Å². The molecule has 3 aromatic rings. The number of hydrogen-bond donors (Lipinski definition) is 0. The number of aromatic nitrogens is 1. The molecule has 2 aromatic carbocycles. The van der Waals surface area contributed by atoms with E-state index in [2.05, 4.69) is 4.98 Å². The summed E-state index contributed by atoms with van der Waals surface area (Å²) in [6, 6.07) is 16.4. The van der Waals surface area contributed by atoms with Gasteiger partial charge in [0.15, 0.2) is 5.13 Å². The highest BCUT2D eigenvalue weighted by Crippen LogP contribution is 2.28. The van der Waals surface area contributed by atoms with Crippen LogP contribution in [-0.4, -0.2) is 17.9 Å². The molecule has 0 fully saturated rings. The summed E-state index contributed by atoms with van der Waals surface area (Å²) in [6.07, 6.45) is 0. The third kappa shape index (κ3) is 2.49. The van der Waals surface area contributed by atoms with Gasteiger partial charge in [-0.2, -0.15) is 5.26 Å². The Balaban J connectivity index is 1.91. The Bertz CT molecular complexity index is 813. The van der Waals surface area contributed by atoms with Gasteiger partial charge in [-0.05, 0) is 36.4 Å². The van der Waals surface area contributed by atoms with Crippen LogP contribution in [-0.2, 0) is 0 Å². The number of carbonyl (C=O) groups is 1. The second-order valence-corrected chi connectivity index (χ2v) is 5.53. The summed E-state index contributed by atoms with van der Waals surface area (Å²) >= 11 is 1.48. The van der Waals surface area contributed by atoms with Crippen molar-refractivity contribution >= 4 is 32.6 Å². The number of nitrogens with zero attached hydrogens (tertiary/aromatic N) is 3. The van der Waals surface area contributed by atoms with Crippen molar-refractivity contribution in [1.82, 2.24) is 4.98 Å². The molecule has 21 heavy (non-hydrogen) atoms. The van der Waals surface area contributed by atoms with E-state index in [0.29, 0.717) is 16.3 Å². The largest absolute Gasteiger partial charge is 0.287 e. The van der Waals surface area contributed by atoms with Crippen LogP contribution in [0.15, 0.2) is 48.5 Å². The van der Waals surface area contributed by atoms with Crippen LogP contribution in [0, 0.1) is 11.3 Å². The highest BCUT2D eigenvalue weighted by atomic mass is 32.1. The maximum Gasteiger partial charge on any atom is 0.259 e. The van der Waals surface area contributed by atoms with Crippen molar-refractivity contribution < 1.29 is 4.79 Å². The van der Waals surface area contributed by atoms with Crippen LogP contribution < -0.4 is 4.90 Å². The van der Waals surface area contributed by atoms with Gasteiger partial charge in [0.1, 0.15) is 0 Å². The minimum atomic E-state index is -0.140. The number of hydrogen-bond acceptors (Lipinski definition) is 4. The lowest BCUT2D eigenvalue weighted by atomic mass is 10.1. The second-order valence-electron chi connectivity index (χ2n) is 4.52. The van der Waals surface area contributed by atoms with E-state index in [0.717, 1.165) is 10.2 Å². The molecule has 0 unspecified atom stereocenters. The number of nitriles is 1. The van der Waals surface area contributed by atoms with E-state index in [1.165, 1.54) is 16.2 Å². The molecule has 1 heterocycles. The molecule has 0 spiro atoms. The van der Waals surface area contributed by atoms with Crippen LogP contribution in [0.2, 0.25) is 0 Å². The Labute approximate surface area is 125 Å². The van der Waals surface area contributed by atoms with Crippen LogP contribution in [0.4, 0.5) is 5.13 Å². The molecule has 0 radical (unpaired) electrons. The van der Waals surface area contributed by atoms with Crippen molar-refractivity contribution in [2.45, 2.75) is 0 Å². The summed E-state index contributed by atoms with van der Waals surface area (Å²) in [4.78, 5) is 18.4. The number of amides is 1. The lowest BCUT2D eigenvalue weighted by Crippen LogP contribution is -2.25. The summed E-state index contributed by atoms with van der Waals surface area (Å²) < 4.78 is 1.05. The van der Waals surface area contributed by atoms with Crippen LogP contribution in [0.1, 0.15) is 15.9 Å². The molecule has 1 amide bonds. The number of rotatable bonds is 2. The predicted octanol–water partition coefficient (Wildman–Crippen LogP) is 3.44. The van der Waals surface area contributed by atoms with Crippen LogP contribution in [0.3, 0.4) is 0 Å². The monoisotopic (exact) mass is 293 g/mol. The summed E-state index contributed by atoms with van der Waals surface area (Å²) in [5.74, 6) is -0.140. The molecular formula is C16H11N3OS. The molecule has 0 saturated heterocycles. The molecule has 0 aliphatic rings. The molecule has 5 heteroatoms. The normalized spacial score (nSPS) is 10.3. The Hall–Kier alpha value is -2.71. The van der Waals surface area contributed by atoms with Gasteiger partial charge in [0.2, 0.25) is 0 Å². The van der Waals surface area contributed by atoms with Crippen molar-refractivity contribution in [3.63, 3.8) is 0 Å². The Morgan fingerprint density at radius 2 is 1.90 bits per heavy atom. The molecule has 1 aromatic heterocycles. The van der Waals surface area contributed by atoms with Crippen molar-refractivity contribution in [1.29, 1.82) is 5.26 Å². The average Bonchev–Trinajstić information content (AvgIpc) is 2.97. The first kappa shape index (κ1) is 13.3. The van der Waals surface area contributed by atoms with Gasteiger partial charge in [-0.25, -0.2) is 4.98 Å². The summed E-state index contributed by atoms with van der Waals surface area (Å²) in [7, 11) is 1.71. The number of benzene rings is 2. The minimum Gasteiger partial charge on any atom is -0.287 e. The van der Waals surface area contributed by atoms with Crippen LogP contribution in [0.5, 0.6) is 0 Å². The summed E-state index contributed by atoms with van der Waals surface area (Å²) in [5, 5.41) is 9.44. The zero-order valence-electron chi connectivity index (χ0n) is 11.3. The standard InChI is InChI=1S/C16H11N3OS/c1-19(15(20)12-8-6-11(10-17)7-9-12)16-18-13-4-2-3-5-14(13)21-16/h2-9H,1H3. The Kier molecular flexibility index (Phi) is 3.38. The summed E-state index contributed by atoms with van der Waals surface area (Å²) in [6.45, 7) is 0. The number of para-hydroxylation sites is 1. The first-order valence-electron chi connectivity index (χ1n) is 6.33. The predicted molar refractivity (Wildman–Crippen MR) is 83.5 cm³/mol. The molecule has 0 aliphatic carbocycles. The third-order valence-corrected chi connectivity index (χ3v) is 4.25. The van der Waals surface area contributed by atoms with Gasteiger partial charge >= 0.3 is 0 Å².